The van der Waals surface area contributed by atoms with Crippen LogP contribution in [0.2, 0.25) is 0 Å². The van der Waals surface area contributed by atoms with Crippen LogP contribution in [0, 0.1) is 106 Å². The van der Waals surface area contributed by atoms with E-state index in [1.807, 2.05) is 93.6 Å². The number of halogens is 3. The summed E-state index contributed by atoms with van der Waals surface area (Å²) in [5.74, 6) is 1.89. The average molecular weight is 1480 g/mol. The molecule has 9 fully saturated rings. The maximum atomic E-state index is 13.6. The zero-order valence-electron chi connectivity index (χ0n) is 62.2. The first-order valence-corrected chi connectivity index (χ1v) is 38.9. The topological polar surface area (TPSA) is 233 Å². The Kier molecular flexibility index (Phi) is 24.6. The summed E-state index contributed by atoms with van der Waals surface area (Å²) in [6, 6.07) is 31.3. The summed E-state index contributed by atoms with van der Waals surface area (Å²) in [4.78, 5) is 87.7. The fraction of sp³-hybridized carbons (Fsp3) is 0.483. The number of alkyl carbamates (subject to hydrolysis) is 3. The van der Waals surface area contributed by atoms with Crippen molar-refractivity contribution in [2.24, 2.45) is 88.8 Å². The molecule has 0 spiro atoms. The number of esters is 3. The molecule has 21 heteroatoms. The maximum absolute atomic E-state index is 13.6. The van der Waals surface area contributed by atoms with E-state index < -0.39 is 0 Å². The summed E-state index contributed by atoms with van der Waals surface area (Å²) in [6.07, 6.45) is 27.2. The van der Waals surface area contributed by atoms with Crippen molar-refractivity contribution in [1.29, 1.82) is 0 Å². The number of benzene rings is 3. The molecule has 6 aromatic rings. The third kappa shape index (κ3) is 17.9. The first-order valence-electron chi connectivity index (χ1n) is 38.9. The third-order valence-electron chi connectivity index (χ3n) is 24.5. The minimum Gasteiger partial charge on any atom is -0.462 e. The number of rotatable bonds is 15. The smallest absolute Gasteiger partial charge is 0.407 e. The number of ether oxygens (including phenoxy) is 6. The number of carbonyl (C=O) groups is 6. The molecule has 9 aliphatic rings. The van der Waals surface area contributed by atoms with Crippen LogP contribution in [0.4, 0.5) is 27.6 Å². The van der Waals surface area contributed by atoms with Crippen LogP contribution in [-0.4, -0.2) is 107 Å². The Balaban J connectivity index is 0.000000143. The molecule has 3 N–H and O–H groups in total. The quantitative estimate of drug-likeness (QED) is 0.0641. The molecule has 0 unspecified atom stereocenters. The molecule has 0 radical (unpaired) electrons. The van der Waals surface area contributed by atoms with E-state index in [1.54, 1.807) is 57.6 Å². The van der Waals surface area contributed by atoms with Gasteiger partial charge in [-0.1, -0.05) is 72.8 Å². The summed E-state index contributed by atoms with van der Waals surface area (Å²) in [5.41, 5.74) is 7.43. The summed E-state index contributed by atoms with van der Waals surface area (Å²) in [6.45, 7) is 12.5. The van der Waals surface area contributed by atoms with Crippen molar-refractivity contribution in [3.05, 3.63) is 181 Å². The van der Waals surface area contributed by atoms with Crippen LogP contribution in [0.15, 0.2) is 146 Å². The highest BCUT2D eigenvalue weighted by molar-refractivity contribution is 5.78. The lowest BCUT2D eigenvalue weighted by atomic mass is 9.57. The van der Waals surface area contributed by atoms with E-state index in [4.69, 9.17) is 28.4 Å². The fourth-order valence-electron chi connectivity index (χ4n) is 19.9. The fourth-order valence-corrected chi connectivity index (χ4v) is 19.9. The second kappa shape index (κ2) is 34.7. The van der Waals surface area contributed by atoms with Gasteiger partial charge in [0, 0.05) is 71.2 Å². The molecule has 18 nitrogen and oxygen atoms in total. The molecular weight excluding hydrogens is 1380 g/mol. The molecule has 6 aliphatic carbocycles. The molecule has 3 saturated heterocycles. The number of pyridine rings is 3. The Morgan fingerprint density at radius 1 is 0.407 bits per heavy atom. The highest BCUT2D eigenvalue weighted by Crippen LogP contribution is 2.57. The number of amides is 3. The monoisotopic (exact) mass is 1480 g/mol. The Morgan fingerprint density at radius 2 is 0.694 bits per heavy atom. The SMILES string of the molecule is CCOC(=O)N[C@@H]1CC[C@@H]2[C@H](C1)C[C@@H]1C(=O)O[C@H](C)[C@H]1[C@H]2/C=C/c1ccc(-c2cccc(F)c2)cn1.CCOC(=O)N[C@@H]1CC[C@@H]2[C@H](C1)C[C@H]1C(=O)O[C@H](C)[C@H]1[C@H]2/C=C/c1ccc(-c2cccc(F)c2)cn1.CCOC(=O)N[C@@H]1CC[C@H]2[C@H](C1)C[C@H]1C(=O)O[C@H](C)[C@@H]1[C@@H]2/C=C/c1ccc(-c2cccc(F)c2)cn1. The van der Waals surface area contributed by atoms with Gasteiger partial charge >= 0.3 is 36.2 Å². The van der Waals surface area contributed by atoms with Crippen molar-refractivity contribution < 1.29 is 70.4 Å². The van der Waals surface area contributed by atoms with Crippen molar-refractivity contribution in [1.82, 2.24) is 30.9 Å². The van der Waals surface area contributed by atoms with Gasteiger partial charge in [0.1, 0.15) is 35.8 Å². The number of hydrogen-bond donors (Lipinski definition) is 3. The van der Waals surface area contributed by atoms with Crippen molar-refractivity contribution in [3.8, 4) is 33.4 Å². The van der Waals surface area contributed by atoms with Gasteiger partial charge in [-0.2, -0.15) is 0 Å². The Morgan fingerprint density at radius 3 is 0.944 bits per heavy atom. The molecule has 570 valence electrons. The van der Waals surface area contributed by atoms with Crippen molar-refractivity contribution in [2.45, 2.75) is 155 Å². The van der Waals surface area contributed by atoms with Crippen molar-refractivity contribution in [2.75, 3.05) is 19.8 Å². The molecule has 6 heterocycles. The van der Waals surface area contributed by atoms with Gasteiger partial charge in [0.15, 0.2) is 0 Å². The highest BCUT2D eigenvalue weighted by Gasteiger charge is 2.58. The van der Waals surface area contributed by atoms with E-state index in [0.717, 1.165) is 128 Å². The standard InChI is InChI=1S/3C29H33FN2O4/c3*1-3-35-29(34)32-23-10-11-24-20(14-23)15-26-27(17(2)36-28(26)33)25(24)12-9-22-8-7-19(16-31-22)18-5-4-6-21(30)13-18/h3*4-9,12-13,16-17,20,23-27H,3,10-11,14-15H2,1-2H3,(H,32,34)/b3*12-9+/t17-,20-,23-,24+,25-,26-,27-;17-,20-,23-,24-,25+,26+,27+;17-,20-,23-,24-,25+,26-,27+/m111/s1. The molecular formula is C87H99F3N6O12. The van der Waals surface area contributed by atoms with Gasteiger partial charge in [-0.05, 0) is 261 Å². The molecule has 15 rings (SSSR count). The molecule has 3 aromatic carbocycles. The number of fused-ring (bicyclic) bond motifs is 6. The zero-order chi connectivity index (χ0) is 75.7. The van der Waals surface area contributed by atoms with E-state index in [2.05, 4.69) is 49.1 Å². The second-order valence-corrected chi connectivity index (χ2v) is 30.8. The van der Waals surface area contributed by atoms with Gasteiger partial charge in [0.2, 0.25) is 0 Å². The lowest BCUT2D eigenvalue weighted by Crippen LogP contribution is -2.48. The molecule has 3 aliphatic heterocycles. The molecule has 3 amide bonds. The van der Waals surface area contributed by atoms with Gasteiger partial charge in [-0.15, -0.1) is 0 Å². The lowest BCUT2D eigenvalue weighted by Gasteiger charge is -2.47. The Hall–Kier alpha value is -9.66. The van der Waals surface area contributed by atoms with Crippen molar-refractivity contribution >= 4 is 54.4 Å². The number of allylic oxidation sites excluding steroid dienone is 3. The normalized spacial score (nSPS) is 31.4. The number of nitrogens with zero attached hydrogens (tertiary/aromatic N) is 3. The zero-order valence-corrected chi connectivity index (χ0v) is 62.2. The van der Waals surface area contributed by atoms with E-state index >= 15 is 0 Å². The molecule has 21 atom stereocenters. The molecule has 0 bridgehead atoms. The first kappa shape index (κ1) is 76.5. The second-order valence-electron chi connectivity index (χ2n) is 30.8. The predicted octanol–water partition coefficient (Wildman–Crippen LogP) is 16.9. The van der Waals surface area contributed by atoms with Gasteiger partial charge in [-0.3, -0.25) is 29.3 Å². The lowest BCUT2D eigenvalue weighted by molar-refractivity contribution is -0.145. The minimum absolute atomic E-state index is 0.0679. The van der Waals surface area contributed by atoms with Crippen LogP contribution in [0.1, 0.15) is 136 Å². The average Bonchev–Trinajstić information content (AvgIpc) is 1.54. The van der Waals surface area contributed by atoms with Gasteiger partial charge in [0.05, 0.1) is 54.7 Å². The molecule has 108 heavy (non-hydrogen) atoms. The van der Waals surface area contributed by atoms with Crippen LogP contribution in [0.5, 0.6) is 0 Å². The largest absolute Gasteiger partial charge is 0.462 e. The van der Waals surface area contributed by atoms with Crippen LogP contribution >= 0.6 is 0 Å². The number of nitrogens with one attached hydrogen (secondary N) is 3. The molecule has 3 aromatic heterocycles. The van der Waals surface area contributed by atoms with E-state index in [9.17, 15) is 41.9 Å². The van der Waals surface area contributed by atoms with Crippen LogP contribution in [0.3, 0.4) is 0 Å². The van der Waals surface area contributed by atoms with E-state index in [-0.39, 0.29) is 143 Å². The Bertz CT molecular complexity index is 3830. The van der Waals surface area contributed by atoms with E-state index in [0.29, 0.717) is 55.3 Å². The first-order chi connectivity index (χ1) is 52.3. The number of cyclic esters (lactones) is 3. The van der Waals surface area contributed by atoms with E-state index in [1.165, 1.54) is 36.4 Å². The minimum atomic E-state index is -0.368. The van der Waals surface area contributed by atoms with Gasteiger partial charge < -0.3 is 44.4 Å². The molecule has 6 saturated carbocycles. The summed E-state index contributed by atoms with van der Waals surface area (Å²) >= 11 is 0. The summed E-state index contributed by atoms with van der Waals surface area (Å²) < 4.78 is 73.0. The van der Waals surface area contributed by atoms with Crippen LogP contribution < -0.4 is 16.0 Å². The van der Waals surface area contributed by atoms with Crippen LogP contribution in [-0.2, 0) is 42.8 Å². The summed E-state index contributed by atoms with van der Waals surface area (Å²) in [5, 5.41) is 9.00. The number of hydrogen-bond acceptors (Lipinski definition) is 15. The Labute approximate surface area is 630 Å². The van der Waals surface area contributed by atoms with Crippen molar-refractivity contribution in [3.63, 3.8) is 0 Å². The summed E-state index contributed by atoms with van der Waals surface area (Å²) in [7, 11) is 0. The number of aromatic nitrogens is 3. The van der Waals surface area contributed by atoms with Gasteiger partial charge in [0.25, 0.3) is 0 Å². The van der Waals surface area contributed by atoms with Crippen LogP contribution in [0.25, 0.3) is 51.6 Å². The van der Waals surface area contributed by atoms with Gasteiger partial charge in [-0.25, -0.2) is 27.6 Å². The number of carbonyl (C=O) groups excluding carboxylic acids is 6. The highest BCUT2D eigenvalue weighted by atomic mass is 19.1. The predicted molar refractivity (Wildman–Crippen MR) is 402 cm³/mol. The third-order valence-corrected chi connectivity index (χ3v) is 24.5. The maximum Gasteiger partial charge on any atom is 0.407 e.